The van der Waals surface area contributed by atoms with Crippen LogP contribution in [0.1, 0.15) is 16.8 Å². The molecule has 21 heavy (non-hydrogen) atoms. The van der Waals surface area contributed by atoms with Gasteiger partial charge in [-0.25, -0.2) is 4.79 Å². The van der Waals surface area contributed by atoms with Crippen LogP contribution in [0.4, 0.5) is 5.69 Å². The minimum atomic E-state index is -0.878. The van der Waals surface area contributed by atoms with E-state index in [1.807, 2.05) is 30.3 Å². The average Bonchev–Trinajstić information content (AvgIpc) is 2.94. The molecule has 4 heteroatoms. The van der Waals surface area contributed by atoms with Gasteiger partial charge in [0.15, 0.2) is 0 Å². The second-order valence-electron chi connectivity index (χ2n) is 5.54. The second-order valence-corrected chi connectivity index (χ2v) is 5.54. The number of nitrogens with zero attached hydrogens (tertiary/aromatic N) is 1. The summed E-state index contributed by atoms with van der Waals surface area (Å²) in [5, 5.41) is 11.1. The lowest BCUT2D eigenvalue weighted by molar-refractivity contribution is 0.0699. The third-order valence-corrected chi connectivity index (χ3v) is 4.16. The summed E-state index contributed by atoms with van der Waals surface area (Å²) in [6.07, 6.45) is 1.11. The van der Waals surface area contributed by atoms with Crippen LogP contribution >= 0.6 is 0 Å². The molecule has 0 aliphatic carbocycles. The van der Waals surface area contributed by atoms with Crippen LogP contribution in [0.15, 0.2) is 36.4 Å². The topological polar surface area (TPSA) is 49.8 Å². The average molecular weight is 285 g/mol. The number of anilines is 1. The first-order valence-corrected chi connectivity index (χ1v) is 7.19. The van der Waals surface area contributed by atoms with Gasteiger partial charge in [0, 0.05) is 37.2 Å². The van der Waals surface area contributed by atoms with E-state index in [4.69, 9.17) is 4.74 Å². The zero-order valence-corrected chi connectivity index (χ0v) is 12.1. The third kappa shape index (κ3) is 2.59. The van der Waals surface area contributed by atoms with E-state index in [1.54, 1.807) is 13.2 Å². The molecule has 1 N–H and O–H groups in total. The van der Waals surface area contributed by atoms with Crippen LogP contribution in [0.5, 0.6) is 0 Å². The smallest absolute Gasteiger partial charge is 0.336 e. The minimum absolute atomic E-state index is 0.363. The molecule has 1 fully saturated rings. The molecule has 0 radical (unpaired) electrons. The van der Waals surface area contributed by atoms with Crippen LogP contribution in [-0.4, -0.2) is 37.9 Å². The fourth-order valence-corrected chi connectivity index (χ4v) is 3.17. The molecular formula is C17H19NO3. The van der Waals surface area contributed by atoms with Gasteiger partial charge in [-0.15, -0.1) is 0 Å². The number of carboxylic acid groups (broad SMARTS) is 1. The Balaban J connectivity index is 2.01. The Morgan fingerprint density at radius 1 is 1.29 bits per heavy atom. The van der Waals surface area contributed by atoms with Crippen molar-refractivity contribution >= 4 is 22.4 Å². The molecule has 2 aromatic rings. The molecule has 1 unspecified atom stereocenters. The van der Waals surface area contributed by atoms with E-state index in [1.165, 1.54) is 0 Å². The molecule has 0 aromatic heterocycles. The fraction of sp³-hybridized carbons (Fsp3) is 0.353. The predicted octanol–water partition coefficient (Wildman–Crippen LogP) is 3.01. The Morgan fingerprint density at radius 2 is 2.05 bits per heavy atom. The van der Waals surface area contributed by atoms with E-state index in [2.05, 4.69) is 4.90 Å². The maximum absolute atomic E-state index is 11.4. The summed E-state index contributed by atoms with van der Waals surface area (Å²) in [7, 11) is 1.74. The SMILES string of the molecule is COCC1CCN(c2ccc(C(=O)O)c3ccccc23)C1. The summed E-state index contributed by atoms with van der Waals surface area (Å²) in [5.41, 5.74) is 1.48. The number of benzene rings is 2. The molecule has 3 rings (SSSR count). The molecule has 1 aliphatic heterocycles. The molecule has 2 aromatic carbocycles. The number of ether oxygens (including phenoxy) is 1. The van der Waals surface area contributed by atoms with E-state index in [0.29, 0.717) is 11.5 Å². The van der Waals surface area contributed by atoms with Gasteiger partial charge >= 0.3 is 5.97 Å². The molecule has 1 aliphatic rings. The van der Waals surface area contributed by atoms with Crippen molar-refractivity contribution in [3.05, 3.63) is 42.0 Å². The van der Waals surface area contributed by atoms with Crippen LogP contribution in [0, 0.1) is 5.92 Å². The van der Waals surface area contributed by atoms with E-state index in [9.17, 15) is 9.90 Å². The van der Waals surface area contributed by atoms with Crippen LogP contribution in [0.2, 0.25) is 0 Å². The molecule has 0 saturated carbocycles. The summed E-state index contributed by atoms with van der Waals surface area (Å²) in [6, 6.07) is 11.4. The van der Waals surface area contributed by atoms with Crippen LogP contribution in [0.25, 0.3) is 10.8 Å². The number of methoxy groups -OCH3 is 1. The number of hydrogen-bond acceptors (Lipinski definition) is 3. The zero-order chi connectivity index (χ0) is 14.8. The minimum Gasteiger partial charge on any atom is -0.478 e. The highest BCUT2D eigenvalue weighted by Crippen LogP contribution is 2.32. The first kappa shape index (κ1) is 13.9. The fourth-order valence-electron chi connectivity index (χ4n) is 3.17. The monoisotopic (exact) mass is 285 g/mol. The number of carbonyl (C=O) groups is 1. The summed E-state index contributed by atoms with van der Waals surface area (Å²) in [5.74, 6) is -0.329. The standard InChI is InChI=1S/C17H19NO3/c1-21-11-12-8-9-18(10-12)16-7-6-15(17(19)20)13-4-2-3-5-14(13)16/h2-7,12H,8-11H2,1H3,(H,19,20). The van der Waals surface area contributed by atoms with Crippen molar-refractivity contribution in [3.63, 3.8) is 0 Å². The van der Waals surface area contributed by atoms with Gasteiger partial charge < -0.3 is 14.7 Å². The molecule has 4 nitrogen and oxygen atoms in total. The highest BCUT2D eigenvalue weighted by atomic mass is 16.5. The number of hydrogen-bond donors (Lipinski definition) is 1. The number of fused-ring (bicyclic) bond motifs is 1. The Kier molecular flexibility index (Phi) is 3.80. The maximum atomic E-state index is 11.4. The predicted molar refractivity (Wildman–Crippen MR) is 83.1 cm³/mol. The van der Waals surface area contributed by atoms with Crippen molar-refractivity contribution in [1.29, 1.82) is 0 Å². The van der Waals surface area contributed by atoms with Gasteiger partial charge in [-0.2, -0.15) is 0 Å². The lowest BCUT2D eigenvalue weighted by Gasteiger charge is -2.21. The number of carboxylic acids is 1. The van der Waals surface area contributed by atoms with Gasteiger partial charge in [-0.3, -0.25) is 0 Å². The van der Waals surface area contributed by atoms with Crippen molar-refractivity contribution in [2.75, 3.05) is 31.7 Å². The largest absolute Gasteiger partial charge is 0.478 e. The van der Waals surface area contributed by atoms with Gasteiger partial charge in [-0.05, 0) is 23.9 Å². The summed E-state index contributed by atoms with van der Waals surface area (Å²) >= 11 is 0. The van der Waals surface area contributed by atoms with Crippen LogP contribution < -0.4 is 4.90 Å². The Morgan fingerprint density at radius 3 is 2.76 bits per heavy atom. The molecule has 1 saturated heterocycles. The Hall–Kier alpha value is -2.07. The molecular weight excluding hydrogens is 266 g/mol. The van der Waals surface area contributed by atoms with Gasteiger partial charge in [0.25, 0.3) is 0 Å². The van der Waals surface area contributed by atoms with Crippen LogP contribution in [0.3, 0.4) is 0 Å². The Labute approximate surface area is 123 Å². The first-order valence-electron chi connectivity index (χ1n) is 7.19. The van der Waals surface area contributed by atoms with Gasteiger partial charge in [-0.1, -0.05) is 24.3 Å². The van der Waals surface area contributed by atoms with Crippen molar-refractivity contribution < 1.29 is 14.6 Å². The lowest BCUT2D eigenvalue weighted by atomic mass is 10.0. The third-order valence-electron chi connectivity index (χ3n) is 4.16. The van der Waals surface area contributed by atoms with E-state index < -0.39 is 5.97 Å². The van der Waals surface area contributed by atoms with Crippen molar-refractivity contribution in [2.45, 2.75) is 6.42 Å². The summed E-state index contributed by atoms with van der Waals surface area (Å²) in [6.45, 7) is 2.73. The number of rotatable bonds is 4. The van der Waals surface area contributed by atoms with Crippen molar-refractivity contribution in [2.24, 2.45) is 5.92 Å². The highest BCUT2D eigenvalue weighted by molar-refractivity contribution is 6.07. The summed E-state index contributed by atoms with van der Waals surface area (Å²) < 4.78 is 5.24. The second kappa shape index (κ2) is 5.74. The van der Waals surface area contributed by atoms with Crippen molar-refractivity contribution in [1.82, 2.24) is 0 Å². The van der Waals surface area contributed by atoms with Gasteiger partial charge in [0.05, 0.1) is 12.2 Å². The quantitative estimate of drug-likeness (QED) is 0.938. The van der Waals surface area contributed by atoms with Crippen LogP contribution in [-0.2, 0) is 4.74 Å². The van der Waals surface area contributed by atoms with Crippen molar-refractivity contribution in [3.8, 4) is 0 Å². The molecule has 1 heterocycles. The van der Waals surface area contributed by atoms with Gasteiger partial charge in [0.2, 0.25) is 0 Å². The van der Waals surface area contributed by atoms with E-state index in [-0.39, 0.29) is 0 Å². The Bertz CT molecular complexity index is 668. The van der Waals surface area contributed by atoms with Gasteiger partial charge in [0.1, 0.15) is 0 Å². The van der Waals surface area contributed by atoms with E-state index in [0.717, 1.165) is 42.6 Å². The first-order chi connectivity index (χ1) is 10.2. The molecule has 0 amide bonds. The maximum Gasteiger partial charge on any atom is 0.336 e. The lowest BCUT2D eigenvalue weighted by Crippen LogP contribution is -2.21. The normalized spacial score (nSPS) is 18.3. The molecule has 110 valence electrons. The highest BCUT2D eigenvalue weighted by Gasteiger charge is 2.24. The molecule has 1 atom stereocenters. The molecule has 0 bridgehead atoms. The summed E-state index contributed by atoms with van der Waals surface area (Å²) in [4.78, 5) is 13.7. The molecule has 0 spiro atoms. The number of aromatic carboxylic acids is 1. The van der Waals surface area contributed by atoms with E-state index >= 15 is 0 Å². The zero-order valence-electron chi connectivity index (χ0n) is 12.1.